The summed E-state index contributed by atoms with van der Waals surface area (Å²) in [5, 5.41) is 0. The van der Waals surface area contributed by atoms with Crippen LogP contribution < -0.4 is 4.57 Å². The normalized spacial score (nSPS) is 10.9. The molecule has 0 N–H and O–H groups in total. The molecule has 41 heavy (non-hydrogen) atoms. The third-order valence-corrected chi connectivity index (χ3v) is 7.65. The van der Waals surface area contributed by atoms with Crippen LogP contribution in [0.5, 0.6) is 0 Å². The Labute approximate surface area is 249 Å². The molecule has 0 radical (unpaired) electrons. The van der Waals surface area contributed by atoms with E-state index < -0.39 is 0 Å². The number of aromatic nitrogens is 3. The molecule has 4 aromatic rings. The molecule has 4 rings (SSSR count). The topological polar surface area (TPSA) is 34.8 Å². The first-order valence-electron chi connectivity index (χ1n) is 16.5. The van der Waals surface area contributed by atoms with Gasteiger partial charge in [-0.1, -0.05) is 140 Å². The van der Waals surface area contributed by atoms with Crippen LogP contribution >= 0.6 is 0 Å². The van der Waals surface area contributed by atoms with Crippen LogP contribution in [0, 0.1) is 0 Å². The average molecular weight is 557 g/mol. The number of nitrogens with zero attached hydrogens (tertiary/aromatic N) is 3. The highest BCUT2D eigenvalue weighted by Gasteiger charge is 2.10. The second kappa shape index (κ2) is 19.9. The molecule has 0 aliphatic rings. The van der Waals surface area contributed by atoms with Crippen LogP contribution in [0.3, 0.4) is 0 Å². The van der Waals surface area contributed by atoms with Gasteiger partial charge in [-0.25, -0.2) is 14.1 Å². The van der Waals surface area contributed by atoms with Crippen molar-refractivity contribution in [2.24, 2.45) is 0 Å². The number of hydrogen-bond acceptors (Lipinski definition) is 2. The third kappa shape index (κ3) is 12.1. The van der Waals surface area contributed by atoms with Crippen molar-refractivity contribution in [3.8, 4) is 22.8 Å². The molecule has 0 amide bonds. The van der Waals surface area contributed by atoms with Crippen molar-refractivity contribution in [2.45, 2.75) is 124 Å². The summed E-state index contributed by atoms with van der Waals surface area (Å²) < 4.78 is 10.6. The molecule has 0 fully saturated rings. The van der Waals surface area contributed by atoms with Crippen LogP contribution in [0.2, 0.25) is 0 Å². The molecule has 0 aliphatic carbocycles. The summed E-state index contributed by atoms with van der Waals surface area (Å²) >= 11 is 0. The maximum absolute atomic E-state index is 6.00. The van der Waals surface area contributed by atoms with Gasteiger partial charge in [-0.15, -0.1) is 0 Å². The fourth-order valence-corrected chi connectivity index (χ4v) is 5.26. The van der Waals surface area contributed by atoms with Gasteiger partial charge in [-0.2, -0.15) is 0 Å². The highest BCUT2D eigenvalue weighted by molar-refractivity contribution is 5.61. The van der Waals surface area contributed by atoms with Gasteiger partial charge in [0.2, 0.25) is 12.2 Å². The van der Waals surface area contributed by atoms with Crippen LogP contribution in [0.1, 0.15) is 116 Å². The van der Waals surface area contributed by atoms with E-state index in [1.165, 1.54) is 95.5 Å². The van der Waals surface area contributed by atoms with E-state index in [4.69, 9.17) is 4.42 Å². The summed E-state index contributed by atoms with van der Waals surface area (Å²) in [5.41, 5.74) is 3.32. The molecule has 0 spiro atoms. The fraction of sp³-hybridized carbons (Fsp3) is 0.514. The van der Waals surface area contributed by atoms with Crippen molar-refractivity contribution in [3.05, 3.63) is 85.1 Å². The van der Waals surface area contributed by atoms with Crippen LogP contribution in [0.15, 0.2) is 83.9 Å². The Bertz CT molecular complexity index is 1180. The lowest BCUT2D eigenvalue weighted by atomic mass is 10.0. The van der Waals surface area contributed by atoms with Gasteiger partial charge < -0.3 is 4.42 Å². The maximum Gasteiger partial charge on any atom is 0.244 e. The van der Waals surface area contributed by atoms with Crippen molar-refractivity contribution in [2.75, 3.05) is 0 Å². The SMILES string of the molecule is CC.CCCCCCCCCCCCCCCCn1cc[n+](Cc2ccc(-c3ncc(-c4ccccc4)o3)cc2)c1. The fourth-order valence-electron chi connectivity index (χ4n) is 5.26. The number of aryl methyl sites for hydroxylation is 1. The van der Waals surface area contributed by atoms with E-state index in [2.05, 4.69) is 64.0 Å². The van der Waals surface area contributed by atoms with E-state index in [1.54, 1.807) is 6.20 Å². The molecule has 0 saturated heterocycles. The van der Waals surface area contributed by atoms with Crippen LogP contribution in [0.4, 0.5) is 0 Å². The second-order valence-corrected chi connectivity index (χ2v) is 11.0. The molecule has 2 aromatic heterocycles. The Balaban J connectivity index is 0.00000226. The van der Waals surface area contributed by atoms with Gasteiger partial charge in [-0.05, 0) is 30.5 Å². The van der Waals surface area contributed by atoms with Crippen LogP contribution in [-0.4, -0.2) is 9.55 Å². The molecular weight excluding hydrogens is 502 g/mol. The van der Waals surface area contributed by atoms with Gasteiger partial charge >= 0.3 is 0 Å². The maximum atomic E-state index is 6.00. The Kier molecular flexibility index (Phi) is 15.7. The van der Waals surface area contributed by atoms with Crippen molar-refractivity contribution >= 4 is 0 Å². The molecule has 0 atom stereocenters. The van der Waals surface area contributed by atoms with Crippen LogP contribution in [0.25, 0.3) is 22.8 Å². The number of imidazole rings is 1. The highest BCUT2D eigenvalue weighted by Crippen LogP contribution is 2.26. The third-order valence-electron chi connectivity index (χ3n) is 7.65. The van der Waals surface area contributed by atoms with E-state index in [0.29, 0.717) is 5.89 Å². The first-order valence-corrected chi connectivity index (χ1v) is 16.5. The number of benzene rings is 2. The van der Waals surface area contributed by atoms with Crippen LogP contribution in [-0.2, 0) is 13.1 Å². The van der Waals surface area contributed by atoms with Gasteiger partial charge in [0.1, 0.15) is 18.9 Å². The lowest BCUT2D eigenvalue weighted by Crippen LogP contribution is -2.31. The molecule has 4 heteroatoms. The predicted octanol–water partition coefficient (Wildman–Crippen LogP) is 10.7. The molecule has 2 heterocycles. The average Bonchev–Trinajstić information content (AvgIpc) is 3.69. The number of oxazole rings is 1. The van der Waals surface area contributed by atoms with E-state index in [9.17, 15) is 0 Å². The molecule has 0 unspecified atom stereocenters. The zero-order chi connectivity index (χ0) is 29.0. The minimum Gasteiger partial charge on any atom is -0.436 e. The lowest BCUT2D eigenvalue weighted by molar-refractivity contribution is -0.687. The monoisotopic (exact) mass is 556 g/mol. The summed E-state index contributed by atoms with van der Waals surface area (Å²) in [6, 6.07) is 18.6. The van der Waals surface area contributed by atoms with Gasteiger partial charge in [0.25, 0.3) is 0 Å². The molecule has 222 valence electrons. The van der Waals surface area contributed by atoms with Gasteiger partial charge in [0, 0.05) is 11.1 Å². The Morgan fingerprint density at radius 2 is 1.27 bits per heavy atom. The van der Waals surface area contributed by atoms with Gasteiger partial charge in [0.05, 0.1) is 12.7 Å². The second-order valence-electron chi connectivity index (χ2n) is 11.0. The minimum atomic E-state index is 0.660. The molecule has 0 saturated carbocycles. The first kappa shape index (κ1) is 32.4. The van der Waals surface area contributed by atoms with Crippen molar-refractivity contribution in [1.82, 2.24) is 9.55 Å². The Hall–Kier alpha value is -3.14. The largest absolute Gasteiger partial charge is 0.436 e. The van der Waals surface area contributed by atoms with Crippen molar-refractivity contribution in [1.29, 1.82) is 0 Å². The Morgan fingerprint density at radius 3 is 1.88 bits per heavy atom. The van der Waals surface area contributed by atoms with Crippen molar-refractivity contribution < 1.29 is 8.98 Å². The molecule has 2 aromatic carbocycles. The van der Waals surface area contributed by atoms with E-state index in [0.717, 1.165) is 30.0 Å². The van der Waals surface area contributed by atoms with Gasteiger partial charge in [0.15, 0.2) is 5.76 Å². The smallest absolute Gasteiger partial charge is 0.244 e. The highest BCUT2D eigenvalue weighted by atomic mass is 16.4. The summed E-state index contributed by atoms with van der Waals surface area (Å²) in [6.07, 6.45) is 28.1. The standard InChI is InChI=1S/C35H48N3O.C2H6/c1-2-3-4-5-6-7-8-9-10-11-12-13-14-18-25-37-26-27-38(30-37)29-31-21-23-33(24-22-31)35-36-28-34(39-35)32-19-16-15-17-20-32;1-2/h15-17,19-24,26-28,30H,2-14,18,25,29H2,1H3;1-2H3/q+1;. The first-order chi connectivity index (χ1) is 20.3. The zero-order valence-electron chi connectivity index (χ0n) is 26.1. The van der Waals surface area contributed by atoms with E-state index >= 15 is 0 Å². The van der Waals surface area contributed by atoms with Gasteiger partial charge in [-0.3, -0.25) is 0 Å². The van der Waals surface area contributed by atoms with E-state index in [1.807, 2.05) is 44.2 Å². The molecule has 0 aliphatic heterocycles. The Morgan fingerprint density at radius 1 is 0.683 bits per heavy atom. The lowest BCUT2D eigenvalue weighted by Gasteiger charge is -2.03. The molecule has 0 bridgehead atoms. The van der Waals surface area contributed by atoms with E-state index in [-0.39, 0.29) is 0 Å². The molecular formula is C37H54N3O+. The number of hydrogen-bond donors (Lipinski definition) is 0. The number of rotatable bonds is 19. The summed E-state index contributed by atoms with van der Waals surface area (Å²) in [4.78, 5) is 4.48. The summed E-state index contributed by atoms with van der Waals surface area (Å²) in [6.45, 7) is 8.27. The predicted molar refractivity (Wildman–Crippen MR) is 173 cm³/mol. The van der Waals surface area contributed by atoms with Crippen molar-refractivity contribution in [3.63, 3.8) is 0 Å². The minimum absolute atomic E-state index is 0.660. The number of unbranched alkanes of at least 4 members (excludes halogenated alkanes) is 13. The quantitative estimate of drug-likeness (QED) is 0.0850. The summed E-state index contributed by atoms with van der Waals surface area (Å²) in [5.74, 6) is 1.46. The summed E-state index contributed by atoms with van der Waals surface area (Å²) in [7, 11) is 0. The zero-order valence-corrected chi connectivity index (χ0v) is 26.1. The molecule has 4 nitrogen and oxygen atoms in total.